The maximum atomic E-state index is 13.3. The lowest BCUT2D eigenvalue weighted by Gasteiger charge is -2.23. The third kappa shape index (κ3) is 5.64. The van der Waals surface area contributed by atoms with Gasteiger partial charge in [0.1, 0.15) is 5.82 Å². The molecule has 2 aliphatic heterocycles. The average molecular weight is 514 g/mol. The highest BCUT2D eigenvalue weighted by Crippen LogP contribution is 2.35. The van der Waals surface area contributed by atoms with Crippen LogP contribution in [0.15, 0.2) is 18.2 Å². The molecule has 1 saturated heterocycles. The maximum Gasteiger partial charge on any atom is 0.416 e. The molecule has 1 amide bonds. The normalized spacial score (nSPS) is 19.1. The summed E-state index contributed by atoms with van der Waals surface area (Å²) in [5, 5.41) is 14.2. The van der Waals surface area contributed by atoms with E-state index in [4.69, 9.17) is 16.3 Å². The molecule has 13 heteroatoms. The van der Waals surface area contributed by atoms with E-state index in [-0.39, 0.29) is 22.7 Å². The van der Waals surface area contributed by atoms with Crippen LogP contribution in [-0.2, 0) is 28.5 Å². The molecule has 1 N–H and O–H groups in total. The molecule has 2 atom stereocenters. The summed E-state index contributed by atoms with van der Waals surface area (Å²) in [5.41, 5.74) is -0.344. The molecular formula is C22H23ClF3N5O4. The molecular weight excluding hydrogens is 491 g/mol. The second-order valence-corrected chi connectivity index (χ2v) is 8.92. The molecule has 1 aromatic carbocycles. The molecule has 3 heterocycles. The van der Waals surface area contributed by atoms with Crippen LogP contribution in [0, 0.1) is 16.0 Å². The summed E-state index contributed by atoms with van der Waals surface area (Å²) in [6.07, 6.45) is -3.20. The first-order valence-electron chi connectivity index (χ1n) is 11.1. The number of nitro groups is 1. The second kappa shape index (κ2) is 9.94. The van der Waals surface area contributed by atoms with Gasteiger partial charge in [-0.2, -0.15) is 13.2 Å². The van der Waals surface area contributed by atoms with Crippen molar-refractivity contribution in [2.45, 2.75) is 38.4 Å². The van der Waals surface area contributed by atoms with Crippen LogP contribution in [0.5, 0.6) is 0 Å². The number of non-ortho nitro benzene ring substituents is 1. The van der Waals surface area contributed by atoms with Gasteiger partial charge in [-0.25, -0.2) is 9.97 Å². The van der Waals surface area contributed by atoms with Gasteiger partial charge in [0, 0.05) is 43.8 Å². The third-order valence-corrected chi connectivity index (χ3v) is 6.41. The molecule has 1 aromatic heterocycles. The van der Waals surface area contributed by atoms with Crippen LogP contribution in [0.4, 0.5) is 24.7 Å². The van der Waals surface area contributed by atoms with Gasteiger partial charge in [0.2, 0.25) is 11.2 Å². The van der Waals surface area contributed by atoms with E-state index in [0.29, 0.717) is 68.7 Å². The van der Waals surface area contributed by atoms with Crippen LogP contribution < -0.4 is 5.32 Å². The Hall–Kier alpha value is -2.99. The number of hydrogen-bond acceptors (Lipinski definition) is 7. The van der Waals surface area contributed by atoms with Crippen molar-refractivity contribution in [3.05, 3.63) is 56.0 Å². The number of aromatic nitrogens is 2. The monoisotopic (exact) mass is 513 g/mol. The Labute approximate surface area is 203 Å². The first kappa shape index (κ1) is 25.1. The number of amides is 1. The molecule has 0 radical (unpaired) electrons. The van der Waals surface area contributed by atoms with Crippen LogP contribution in [0.1, 0.15) is 41.8 Å². The third-order valence-electron chi connectivity index (χ3n) is 6.24. The molecule has 0 saturated carbocycles. The number of ether oxygens (including phenoxy) is 1. The molecule has 0 bridgehead atoms. The number of rotatable bonds is 5. The van der Waals surface area contributed by atoms with Crippen molar-refractivity contribution in [1.82, 2.24) is 14.9 Å². The largest absolute Gasteiger partial charge is 0.416 e. The number of nitrogens with one attached hydrogen (secondary N) is 1. The zero-order chi connectivity index (χ0) is 25.3. The highest BCUT2D eigenvalue weighted by Gasteiger charge is 2.34. The lowest BCUT2D eigenvalue weighted by atomic mass is 10.0. The number of halogens is 4. The second-order valence-electron chi connectivity index (χ2n) is 8.59. The van der Waals surface area contributed by atoms with Gasteiger partial charge in [-0.05, 0) is 43.0 Å². The van der Waals surface area contributed by atoms with Crippen LogP contribution >= 0.6 is 11.6 Å². The Morgan fingerprint density at radius 2 is 2.03 bits per heavy atom. The Morgan fingerprint density at radius 3 is 2.69 bits per heavy atom. The Balaban J connectivity index is 1.59. The number of nitrogens with zero attached hydrogens (tertiary/aromatic N) is 4. The van der Waals surface area contributed by atoms with Crippen molar-refractivity contribution in [3.63, 3.8) is 0 Å². The summed E-state index contributed by atoms with van der Waals surface area (Å²) in [6.45, 7) is 3.41. The fourth-order valence-corrected chi connectivity index (χ4v) is 4.53. The highest BCUT2D eigenvalue weighted by molar-refractivity contribution is 6.28. The van der Waals surface area contributed by atoms with E-state index in [0.717, 1.165) is 12.1 Å². The number of benzene rings is 1. The lowest BCUT2D eigenvalue weighted by molar-refractivity contribution is -0.385. The molecule has 2 aliphatic rings. The van der Waals surface area contributed by atoms with Crippen molar-refractivity contribution in [3.8, 4) is 0 Å². The summed E-state index contributed by atoms with van der Waals surface area (Å²) < 4.78 is 45.3. The molecule has 2 aromatic rings. The lowest BCUT2D eigenvalue weighted by Crippen LogP contribution is -2.38. The molecule has 0 aliphatic carbocycles. The smallest absolute Gasteiger partial charge is 0.381 e. The van der Waals surface area contributed by atoms with Gasteiger partial charge >= 0.3 is 6.18 Å². The quantitative estimate of drug-likeness (QED) is 0.362. The van der Waals surface area contributed by atoms with E-state index < -0.39 is 28.4 Å². The van der Waals surface area contributed by atoms with Crippen molar-refractivity contribution in [2.75, 3.05) is 31.6 Å². The first-order chi connectivity index (χ1) is 16.5. The number of carbonyl (C=O) groups is 1. The summed E-state index contributed by atoms with van der Waals surface area (Å²) >= 11 is 6.12. The molecule has 35 heavy (non-hydrogen) atoms. The molecule has 0 spiro atoms. The topological polar surface area (TPSA) is 110 Å². The predicted molar refractivity (Wildman–Crippen MR) is 120 cm³/mol. The minimum absolute atomic E-state index is 0.0218. The van der Waals surface area contributed by atoms with Crippen LogP contribution in [0.2, 0.25) is 5.28 Å². The van der Waals surface area contributed by atoms with Crippen molar-refractivity contribution in [2.24, 2.45) is 5.92 Å². The van der Waals surface area contributed by atoms with Crippen LogP contribution in [0.25, 0.3) is 0 Å². The zero-order valence-corrected chi connectivity index (χ0v) is 19.5. The first-order valence-corrected chi connectivity index (χ1v) is 11.5. The highest BCUT2D eigenvalue weighted by atomic mass is 35.5. The van der Waals surface area contributed by atoms with E-state index in [1.165, 1.54) is 0 Å². The molecule has 1 unspecified atom stereocenters. The van der Waals surface area contributed by atoms with Gasteiger partial charge in [-0.1, -0.05) is 0 Å². The standard InChI is InChI=1S/C22H23ClF3N5O4/c1-12(14-8-15(22(24,25)26)10-16(9-14)31(33)34)27-19-17-2-5-30(20(32)13-4-7-35-11-13)6-3-18(17)28-21(23)29-19/h8-10,12-13H,2-7,11H2,1H3,(H,27,28,29)/t12-,13?/m1/s1. The van der Waals surface area contributed by atoms with E-state index >= 15 is 0 Å². The Kier molecular flexibility index (Phi) is 7.13. The van der Waals surface area contributed by atoms with Crippen molar-refractivity contribution >= 4 is 29.0 Å². The minimum Gasteiger partial charge on any atom is -0.381 e. The van der Waals surface area contributed by atoms with Gasteiger partial charge in [-0.3, -0.25) is 14.9 Å². The summed E-state index contributed by atoms with van der Waals surface area (Å²) in [6, 6.07) is 1.71. The number of hydrogen-bond donors (Lipinski definition) is 1. The minimum atomic E-state index is -4.74. The summed E-state index contributed by atoms with van der Waals surface area (Å²) in [5.74, 6) is 0.180. The predicted octanol–water partition coefficient (Wildman–Crippen LogP) is 4.19. The molecule has 188 valence electrons. The number of anilines is 1. The fraction of sp³-hybridized carbons (Fsp3) is 0.500. The van der Waals surface area contributed by atoms with Crippen LogP contribution in [0.3, 0.4) is 0 Å². The van der Waals surface area contributed by atoms with E-state index in [9.17, 15) is 28.1 Å². The van der Waals surface area contributed by atoms with Gasteiger partial charge in [-0.15, -0.1) is 0 Å². The summed E-state index contributed by atoms with van der Waals surface area (Å²) in [7, 11) is 0. The van der Waals surface area contributed by atoms with E-state index in [1.807, 2.05) is 0 Å². The van der Waals surface area contributed by atoms with Gasteiger partial charge in [0.15, 0.2) is 0 Å². The van der Waals surface area contributed by atoms with Gasteiger partial charge in [0.05, 0.1) is 34.7 Å². The molecule has 9 nitrogen and oxygen atoms in total. The van der Waals surface area contributed by atoms with Gasteiger partial charge in [0.25, 0.3) is 5.69 Å². The SMILES string of the molecule is C[C@@H](Nc1nc(Cl)nc2c1CCN(C(=O)C1CCOC1)CC2)c1cc([N+](=O)[O-])cc(C(F)(F)F)c1. The molecule has 1 fully saturated rings. The number of fused-ring (bicyclic) bond motifs is 1. The average Bonchev–Trinajstić information content (AvgIpc) is 3.25. The zero-order valence-electron chi connectivity index (χ0n) is 18.8. The number of nitro benzene ring substituents is 1. The number of alkyl halides is 3. The number of carbonyl (C=O) groups excluding carboxylic acids is 1. The van der Waals surface area contributed by atoms with Gasteiger partial charge < -0.3 is 15.0 Å². The Bertz CT molecular complexity index is 1140. The Morgan fingerprint density at radius 1 is 1.29 bits per heavy atom. The van der Waals surface area contributed by atoms with Crippen molar-refractivity contribution in [1.29, 1.82) is 0 Å². The molecule has 4 rings (SSSR count). The fourth-order valence-electron chi connectivity index (χ4n) is 4.34. The van der Waals surface area contributed by atoms with Crippen LogP contribution in [-0.4, -0.2) is 52.0 Å². The maximum absolute atomic E-state index is 13.3. The van der Waals surface area contributed by atoms with Crippen molar-refractivity contribution < 1.29 is 27.6 Å². The van der Waals surface area contributed by atoms with E-state index in [1.54, 1.807) is 11.8 Å². The van der Waals surface area contributed by atoms with E-state index in [2.05, 4.69) is 15.3 Å². The summed E-state index contributed by atoms with van der Waals surface area (Å²) in [4.78, 5) is 33.5.